The minimum absolute atomic E-state index is 0.265. The fraction of sp³-hybridized carbons (Fsp3) is 0.462. The van der Waals surface area contributed by atoms with Crippen LogP contribution >= 0.6 is 0 Å². The number of nitrogens with one attached hydrogen (secondary N) is 1. The third-order valence-corrected chi connectivity index (χ3v) is 3.30. The van der Waals surface area contributed by atoms with E-state index < -0.39 is 23.1 Å². The Morgan fingerprint density at radius 2 is 2.05 bits per heavy atom. The van der Waals surface area contributed by atoms with E-state index in [1.54, 1.807) is 0 Å². The van der Waals surface area contributed by atoms with E-state index in [1.807, 2.05) is 0 Å². The molecule has 1 aromatic carbocycles. The van der Waals surface area contributed by atoms with Gasteiger partial charge in [0.1, 0.15) is 11.6 Å². The lowest BCUT2D eigenvalue weighted by molar-refractivity contribution is 0.0124. The largest absolute Gasteiger partial charge is 0.394 e. The number of aliphatic hydroxyl groups excluding tert-OH is 1. The molecule has 0 bridgehead atoms. The molecule has 1 aromatic rings. The van der Waals surface area contributed by atoms with Crippen LogP contribution in [0.4, 0.5) is 8.78 Å². The van der Waals surface area contributed by atoms with Crippen LogP contribution in [0, 0.1) is 11.6 Å². The predicted octanol–water partition coefficient (Wildman–Crippen LogP) is 1.24. The Morgan fingerprint density at radius 1 is 1.37 bits per heavy atom. The van der Waals surface area contributed by atoms with Gasteiger partial charge in [0.05, 0.1) is 17.7 Å². The molecule has 1 fully saturated rings. The Balaban J connectivity index is 2.17. The molecule has 0 atom stereocenters. The Bertz CT molecular complexity index is 473. The van der Waals surface area contributed by atoms with Crippen molar-refractivity contribution in [2.45, 2.75) is 18.4 Å². The quantitative estimate of drug-likeness (QED) is 0.869. The molecule has 19 heavy (non-hydrogen) atoms. The first-order valence-electron chi connectivity index (χ1n) is 6.02. The van der Waals surface area contributed by atoms with Gasteiger partial charge in [0.2, 0.25) is 0 Å². The van der Waals surface area contributed by atoms with Crippen molar-refractivity contribution in [3.8, 4) is 0 Å². The molecule has 1 saturated heterocycles. The van der Waals surface area contributed by atoms with Gasteiger partial charge < -0.3 is 15.2 Å². The van der Waals surface area contributed by atoms with E-state index in [1.165, 1.54) is 0 Å². The van der Waals surface area contributed by atoms with E-state index in [4.69, 9.17) is 4.74 Å². The molecule has 1 aliphatic heterocycles. The standard InChI is InChI=1S/C13H15F2NO3/c14-9-1-2-11(15)10(7-9)12(18)16-13(8-17)3-5-19-6-4-13/h1-2,7,17H,3-6,8H2,(H,16,18). The normalized spacial score (nSPS) is 18.1. The van der Waals surface area contributed by atoms with Gasteiger partial charge in [-0.2, -0.15) is 0 Å². The molecule has 1 amide bonds. The predicted molar refractivity (Wildman–Crippen MR) is 63.7 cm³/mol. The van der Waals surface area contributed by atoms with Crippen LogP contribution in [0.2, 0.25) is 0 Å². The third-order valence-electron chi connectivity index (χ3n) is 3.30. The molecular weight excluding hydrogens is 256 g/mol. The number of amides is 1. The van der Waals surface area contributed by atoms with Crippen LogP contribution in [0.25, 0.3) is 0 Å². The second kappa shape index (κ2) is 5.63. The van der Waals surface area contributed by atoms with Gasteiger partial charge in [0, 0.05) is 13.2 Å². The number of ether oxygens (including phenoxy) is 1. The summed E-state index contributed by atoms with van der Waals surface area (Å²) in [4.78, 5) is 12.0. The van der Waals surface area contributed by atoms with Crippen LogP contribution < -0.4 is 5.32 Å². The lowest BCUT2D eigenvalue weighted by atomic mass is 9.90. The summed E-state index contributed by atoms with van der Waals surface area (Å²) < 4.78 is 31.7. The van der Waals surface area contributed by atoms with Crippen LogP contribution in [0.1, 0.15) is 23.2 Å². The number of aliphatic hydroxyl groups is 1. The molecule has 0 unspecified atom stereocenters. The first-order valence-corrected chi connectivity index (χ1v) is 6.02. The number of hydrogen-bond donors (Lipinski definition) is 2. The third kappa shape index (κ3) is 3.08. The number of benzene rings is 1. The van der Waals surface area contributed by atoms with Gasteiger partial charge in [0.25, 0.3) is 5.91 Å². The molecule has 1 aliphatic rings. The second-order valence-corrected chi connectivity index (χ2v) is 4.63. The maximum atomic E-state index is 13.5. The molecule has 2 N–H and O–H groups in total. The van der Waals surface area contributed by atoms with Crippen molar-refractivity contribution in [2.24, 2.45) is 0 Å². The Kier molecular flexibility index (Phi) is 4.11. The molecule has 1 heterocycles. The number of rotatable bonds is 3. The van der Waals surface area contributed by atoms with Gasteiger partial charge in [-0.1, -0.05) is 0 Å². The summed E-state index contributed by atoms with van der Waals surface area (Å²) >= 11 is 0. The fourth-order valence-electron chi connectivity index (χ4n) is 2.06. The first-order chi connectivity index (χ1) is 9.06. The van der Waals surface area contributed by atoms with E-state index in [-0.39, 0.29) is 12.2 Å². The zero-order valence-electron chi connectivity index (χ0n) is 10.3. The molecule has 104 valence electrons. The lowest BCUT2D eigenvalue weighted by Crippen LogP contribution is -2.54. The topological polar surface area (TPSA) is 58.6 Å². The first kappa shape index (κ1) is 13.9. The average molecular weight is 271 g/mol. The van der Waals surface area contributed by atoms with Gasteiger partial charge >= 0.3 is 0 Å². The highest BCUT2D eigenvalue weighted by Crippen LogP contribution is 2.21. The highest BCUT2D eigenvalue weighted by Gasteiger charge is 2.34. The summed E-state index contributed by atoms with van der Waals surface area (Å²) in [6, 6.07) is 2.69. The maximum Gasteiger partial charge on any atom is 0.254 e. The highest BCUT2D eigenvalue weighted by molar-refractivity contribution is 5.95. The van der Waals surface area contributed by atoms with E-state index >= 15 is 0 Å². The van der Waals surface area contributed by atoms with Gasteiger partial charge in [0.15, 0.2) is 0 Å². The summed E-state index contributed by atoms with van der Waals surface area (Å²) in [5, 5.41) is 12.0. The maximum absolute atomic E-state index is 13.5. The van der Waals surface area contributed by atoms with E-state index in [2.05, 4.69) is 5.32 Å². The van der Waals surface area contributed by atoms with Crippen LogP contribution in [0.3, 0.4) is 0 Å². The van der Waals surface area contributed by atoms with Crippen molar-refractivity contribution in [1.29, 1.82) is 0 Å². The van der Waals surface area contributed by atoms with Crippen molar-refractivity contribution in [3.05, 3.63) is 35.4 Å². The van der Waals surface area contributed by atoms with E-state index in [0.717, 1.165) is 18.2 Å². The summed E-state index contributed by atoms with van der Waals surface area (Å²) in [5.41, 5.74) is -1.19. The second-order valence-electron chi connectivity index (χ2n) is 4.63. The van der Waals surface area contributed by atoms with Gasteiger partial charge in [-0.25, -0.2) is 8.78 Å². The monoisotopic (exact) mass is 271 g/mol. The SMILES string of the molecule is O=C(NC1(CO)CCOCC1)c1cc(F)ccc1F. The summed E-state index contributed by atoms with van der Waals surface area (Å²) in [6.07, 6.45) is 0.873. The fourth-order valence-corrected chi connectivity index (χ4v) is 2.06. The van der Waals surface area contributed by atoms with Gasteiger partial charge in [-0.3, -0.25) is 4.79 Å². The number of carbonyl (C=O) groups excluding carboxylic acids is 1. The number of hydrogen-bond acceptors (Lipinski definition) is 3. The van der Waals surface area contributed by atoms with Crippen LogP contribution in [-0.4, -0.2) is 36.4 Å². The molecule has 4 nitrogen and oxygen atoms in total. The van der Waals surface area contributed by atoms with Crippen LogP contribution in [0.5, 0.6) is 0 Å². The van der Waals surface area contributed by atoms with Crippen molar-refractivity contribution < 1.29 is 23.4 Å². The van der Waals surface area contributed by atoms with Crippen molar-refractivity contribution >= 4 is 5.91 Å². The molecule has 0 radical (unpaired) electrons. The van der Waals surface area contributed by atoms with Crippen LogP contribution in [-0.2, 0) is 4.74 Å². The minimum atomic E-state index is -0.825. The van der Waals surface area contributed by atoms with Gasteiger partial charge in [-0.05, 0) is 31.0 Å². The van der Waals surface area contributed by atoms with Gasteiger partial charge in [-0.15, -0.1) is 0 Å². The van der Waals surface area contributed by atoms with Crippen molar-refractivity contribution in [1.82, 2.24) is 5.32 Å². The number of carbonyl (C=O) groups is 1. The zero-order valence-corrected chi connectivity index (χ0v) is 10.3. The van der Waals surface area contributed by atoms with E-state index in [9.17, 15) is 18.7 Å². The van der Waals surface area contributed by atoms with Crippen molar-refractivity contribution in [2.75, 3.05) is 19.8 Å². The minimum Gasteiger partial charge on any atom is -0.394 e. The zero-order chi connectivity index (χ0) is 13.9. The molecule has 2 rings (SSSR count). The smallest absolute Gasteiger partial charge is 0.254 e. The number of halogens is 2. The summed E-state index contributed by atoms with van der Waals surface area (Å²) in [5.74, 6) is -2.21. The Labute approximate surface area is 109 Å². The van der Waals surface area contributed by atoms with Crippen molar-refractivity contribution in [3.63, 3.8) is 0 Å². The molecular formula is C13H15F2NO3. The summed E-state index contributed by atoms with van der Waals surface area (Å²) in [6.45, 7) is 0.554. The molecule has 0 saturated carbocycles. The molecule has 0 aliphatic carbocycles. The lowest BCUT2D eigenvalue weighted by Gasteiger charge is -2.36. The summed E-state index contributed by atoms with van der Waals surface area (Å²) in [7, 11) is 0. The van der Waals surface area contributed by atoms with Crippen LogP contribution in [0.15, 0.2) is 18.2 Å². The highest BCUT2D eigenvalue weighted by atomic mass is 19.1. The Hall–Kier alpha value is -1.53. The Morgan fingerprint density at radius 3 is 2.68 bits per heavy atom. The average Bonchev–Trinajstić information content (AvgIpc) is 2.42. The molecule has 0 spiro atoms. The van der Waals surface area contributed by atoms with E-state index in [0.29, 0.717) is 26.1 Å². The molecule has 0 aromatic heterocycles. The molecule has 6 heteroatoms.